The van der Waals surface area contributed by atoms with Crippen molar-refractivity contribution >= 4 is 57.7 Å². The molecule has 250 valence electrons. The Kier molecular flexibility index (Phi) is 11.6. The Morgan fingerprint density at radius 1 is 0.857 bits per heavy atom. The summed E-state index contributed by atoms with van der Waals surface area (Å²) in [6.45, 7) is 0. The maximum atomic E-state index is 13.5. The minimum Gasteiger partial charge on any atom is -0.493 e. The van der Waals surface area contributed by atoms with Gasteiger partial charge in [0.25, 0.3) is 11.8 Å². The number of thiazole rings is 1. The molecule has 4 aromatic carbocycles. The second-order valence-corrected chi connectivity index (χ2v) is 12.1. The molecule has 5 rings (SSSR count). The van der Waals surface area contributed by atoms with Gasteiger partial charge in [-0.25, -0.2) is 9.37 Å². The number of hydrogen-bond acceptors (Lipinski definition) is 9. The van der Waals surface area contributed by atoms with Crippen molar-refractivity contribution < 1.29 is 33.0 Å². The highest BCUT2D eigenvalue weighted by Gasteiger charge is 2.18. The smallest absolute Gasteiger partial charge is 0.272 e. The molecule has 0 aliphatic heterocycles. The molecular formula is C36H31FN4O6S2. The molecule has 0 atom stereocenters. The summed E-state index contributed by atoms with van der Waals surface area (Å²) < 4.78 is 29.5. The average molecular weight is 699 g/mol. The van der Waals surface area contributed by atoms with E-state index in [0.717, 1.165) is 10.5 Å². The van der Waals surface area contributed by atoms with E-state index < -0.39 is 11.8 Å². The Labute approximate surface area is 290 Å². The third kappa shape index (κ3) is 9.24. The molecule has 0 spiro atoms. The van der Waals surface area contributed by atoms with Crippen LogP contribution in [0.25, 0.3) is 17.3 Å². The standard InChI is InChI=1S/C36H31FN4O6S2/c1-45-30-18-22(19-31(46-2)33(30)47-3)17-28(39-34(43)24-7-5-4-6-8-24)35(44)38-26-13-15-27(16-14-26)48-21-32(42)41-36-40-29(20-49-36)23-9-11-25(37)12-10-23/h4-20H,21H2,1-3H3,(H,38,44)(H,39,43)(H,40,41,42)/b28-17-. The van der Waals surface area contributed by atoms with Crippen LogP contribution in [0, 0.1) is 5.82 Å². The van der Waals surface area contributed by atoms with Crippen molar-refractivity contribution in [2.45, 2.75) is 4.90 Å². The van der Waals surface area contributed by atoms with E-state index in [2.05, 4.69) is 20.9 Å². The van der Waals surface area contributed by atoms with Crippen molar-refractivity contribution in [2.75, 3.05) is 37.7 Å². The number of aromatic nitrogens is 1. The Bertz CT molecular complexity index is 1940. The van der Waals surface area contributed by atoms with Gasteiger partial charge in [0.1, 0.15) is 11.5 Å². The van der Waals surface area contributed by atoms with Crippen LogP contribution in [0.1, 0.15) is 15.9 Å². The van der Waals surface area contributed by atoms with Gasteiger partial charge in [0, 0.05) is 27.1 Å². The zero-order valence-corrected chi connectivity index (χ0v) is 28.2. The molecule has 10 nitrogen and oxygen atoms in total. The first-order valence-corrected chi connectivity index (χ1v) is 16.6. The van der Waals surface area contributed by atoms with Crippen LogP contribution in [0.3, 0.4) is 0 Å². The van der Waals surface area contributed by atoms with E-state index in [1.54, 1.807) is 84.2 Å². The number of nitrogens with zero attached hydrogens (tertiary/aromatic N) is 1. The minimum absolute atomic E-state index is 0.0250. The SMILES string of the molecule is COc1cc(/C=C(\NC(=O)c2ccccc2)C(=O)Nc2ccc(SCC(=O)Nc3nc(-c4ccc(F)cc4)cs3)cc2)cc(OC)c1OC. The number of rotatable bonds is 13. The summed E-state index contributed by atoms with van der Waals surface area (Å²) >= 11 is 2.59. The predicted molar refractivity (Wildman–Crippen MR) is 190 cm³/mol. The van der Waals surface area contributed by atoms with Crippen LogP contribution < -0.4 is 30.2 Å². The number of halogens is 1. The Hall–Kier alpha value is -5.66. The summed E-state index contributed by atoms with van der Waals surface area (Å²) in [5, 5.41) is 10.5. The molecule has 3 amide bonds. The molecular weight excluding hydrogens is 668 g/mol. The number of nitrogens with one attached hydrogen (secondary N) is 3. The van der Waals surface area contributed by atoms with Gasteiger partial charge in [-0.05, 0) is 84.4 Å². The van der Waals surface area contributed by atoms with Crippen LogP contribution in [0.15, 0.2) is 107 Å². The molecule has 0 unspecified atom stereocenters. The molecule has 0 saturated carbocycles. The fraction of sp³-hybridized carbons (Fsp3) is 0.111. The summed E-state index contributed by atoms with van der Waals surface area (Å²) in [7, 11) is 4.46. The van der Waals surface area contributed by atoms with E-state index in [9.17, 15) is 18.8 Å². The summed E-state index contributed by atoms with van der Waals surface area (Å²) in [5.41, 5.74) is 2.73. The van der Waals surface area contributed by atoms with E-state index in [1.807, 2.05) is 0 Å². The number of amides is 3. The number of carbonyl (C=O) groups excluding carboxylic acids is 3. The van der Waals surface area contributed by atoms with Gasteiger partial charge < -0.3 is 30.2 Å². The number of carbonyl (C=O) groups is 3. The fourth-order valence-electron chi connectivity index (χ4n) is 4.52. The number of methoxy groups -OCH3 is 3. The average Bonchev–Trinajstić information content (AvgIpc) is 3.59. The molecule has 5 aromatic rings. The van der Waals surface area contributed by atoms with Gasteiger partial charge in [0.2, 0.25) is 11.7 Å². The lowest BCUT2D eigenvalue weighted by molar-refractivity contribution is -0.114. The zero-order chi connectivity index (χ0) is 34.8. The molecule has 0 fully saturated rings. The van der Waals surface area contributed by atoms with E-state index in [4.69, 9.17) is 14.2 Å². The van der Waals surface area contributed by atoms with E-state index in [-0.39, 0.29) is 23.2 Å². The zero-order valence-electron chi connectivity index (χ0n) is 26.6. The van der Waals surface area contributed by atoms with Gasteiger partial charge in [0.15, 0.2) is 16.6 Å². The molecule has 0 aliphatic carbocycles. The summed E-state index contributed by atoms with van der Waals surface area (Å²) in [5.74, 6) is -0.332. The first-order chi connectivity index (χ1) is 23.8. The molecule has 0 bridgehead atoms. The van der Waals surface area contributed by atoms with Crippen molar-refractivity contribution in [2.24, 2.45) is 0 Å². The Balaban J connectivity index is 1.25. The number of benzene rings is 4. The second kappa shape index (κ2) is 16.4. The highest BCUT2D eigenvalue weighted by molar-refractivity contribution is 8.00. The number of thioether (sulfide) groups is 1. The topological polar surface area (TPSA) is 128 Å². The largest absolute Gasteiger partial charge is 0.493 e. The predicted octanol–water partition coefficient (Wildman–Crippen LogP) is 7.12. The molecule has 0 aliphatic rings. The van der Waals surface area contributed by atoms with Crippen LogP contribution in [0.4, 0.5) is 15.2 Å². The first kappa shape index (κ1) is 34.7. The molecule has 1 aromatic heterocycles. The van der Waals surface area contributed by atoms with Gasteiger partial charge in [-0.1, -0.05) is 18.2 Å². The van der Waals surface area contributed by atoms with E-state index >= 15 is 0 Å². The van der Waals surface area contributed by atoms with Gasteiger partial charge in [-0.15, -0.1) is 23.1 Å². The molecule has 0 radical (unpaired) electrons. The van der Waals surface area contributed by atoms with Gasteiger partial charge >= 0.3 is 0 Å². The fourth-order valence-corrected chi connectivity index (χ4v) is 5.95. The number of anilines is 2. The Morgan fingerprint density at radius 3 is 2.16 bits per heavy atom. The van der Waals surface area contributed by atoms with Crippen molar-refractivity contribution in [1.29, 1.82) is 0 Å². The summed E-state index contributed by atoms with van der Waals surface area (Å²) in [6, 6.07) is 24.8. The van der Waals surface area contributed by atoms with E-state index in [0.29, 0.717) is 44.9 Å². The lowest BCUT2D eigenvalue weighted by Crippen LogP contribution is -2.30. The van der Waals surface area contributed by atoms with Crippen molar-refractivity contribution in [1.82, 2.24) is 10.3 Å². The molecule has 13 heteroatoms. The lowest BCUT2D eigenvalue weighted by atomic mass is 10.1. The number of ether oxygens (including phenoxy) is 3. The van der Waals surface area contributed by atoms with Crippen LogP contribution in [0.2, 0.25) is 0 Å². The number of hydrogen-bond donors (Lipinski definition) is 3. The highest BCUT2D eigenvalue weighted by Crippen LogP contribution is 2.38. The van der Waals surface area contributed by atoms with Crippen molar-refractivity contribution in [3.05, 3.63) is 119 Å². The van der Waals surface area contributed by atoms with Crippen molar-refractivity contribution in [3.63, 3.8) is 0 Å². The molecule has 3 N–H and O–H groups in total. The van der Waals surface area contributed by atoms with Gasteiger partial charge in [-0.3, -0.25) is 14.4 Å². The maximum Gasteiger partial charge on any atom is 0.272 e. The summed E-state index contributed by atoms with van der Waals surface area (Å²) in [6.07, 6.45) is 1.51. The first-order valence-electron chi connectivity index (χ1n) is 14.7. The highest BCUT2D eigenvalue weighted by atomic mass is 32.2. The maximum absolute atomic E-state index is 13.5. The normalized spacial score (nSPS) is 11.0. The van der Waals surface area contributed by atoms with Gasteiger partial charge in [0.05, 0.1) is 32.8 Å². The monoisotopic (exact) mass is 698 g/mol. The third-order valence-corrected chi connectivity index (χ3v) is 8.67. The third-order valence-electron chi connectivity index (χ3n) is 6.90. The lowest BCUT2D eigenvalue weighted by Gasteiger charge is -2.15. The molecule has 1 heterocycles. The van der Waals surface area contributed by atoms with Crippen LogP contribution in [-0.2, 0) is 9.59 Å². The molecule has 0 saturated heterocycles. The molecule has 49 heavy (non-hydrogen) atoms. The van der Waals surface area contributed by atoms with Crippen LogP contribution in [0.5, 0.6) is 17.2 Å². The van der Waals surface area contributed by atoms with Gasteiger partial charge in [-0.2, -0.15) is 0 Å². The van der Waals surface area contributed by atoms with Crippen molar-refractivity contribution in [3.8, 4) is 28.5 Å². The van der Waals surface area contributed by atoms with Crippen LogP contribution >= 0.6 is 23.1 Å². The van der Waals surface area contributed by atoms with Crippen LogP contribution in [-0.4, -0.2) is 49.8 Å². The second-order valence-electron chi connectivity index (χ2n) is 10.2. The minimum atomic E-state index is -0.568. The summed E-state index contributed by atoms with van der Waals surface area (Å²) in [4.78, 5) is 44.4. The van der Waals surface area contributed by atoms with E-state index in [1.165, 1.54) is 62.6 Å². The Morgan fingerprint density at radius 2 is 1.53 bits per heavy atom. The quantitative estimate of drug-likeness (QED) is 0.0877.